The molecule has 72 valence electrons. The van der Waals surface area contributed by atoms with Crippen LogP contribution >= 0.6 is 0 Å². The Hall–Kier alpha value is -1.77. The zero-order chi connectivity index (χ0) is 10.1. The van der Waals surface area contributed by atoms with Gasteiger partial charge < -0.3 is 15.3 Å². The van der Waals surface area contributed by atoms with Crippen molar-refractivity contribution in [1.29, 1.82) is 0 Å². The first-order valence-electron chi connectivity index (χ1n) is 4.41. The van der Waals surface area contributed by atoms with E-state index in [1.54, 1.807) is 18.2 Å². The lowest BCUT2D eigenvalue weighted by Crippen LogP contribution is -2.09. The first-order chi connectivity index (χ1) is 6.70. The van der Waals surface area contributed by atoms with Crippen molar-refractivity contribution < 1.29 is 9.53 Å². The van der Waals surface area contributed by atoms with Crippen molar-refractivity contribution in [3.63, 3.8) is 0 Å². The minimum atomic E-state index is -0.209. The van der Waals surface area contributed by atoms with Gasteiger partial charge in [-0.1, -0.05) is 6.07 Å². The summed E-state index contributed by atoms with van der Waals surface area (Å²) in [5, 5.41) is 0. The van der Waals surface area contributed by atoms with Crippen molar-refractivity contribution >= 4 is 12.0 Å². The average molecular weight is 189 g/mol. The number of aldehydes is 1. The van der Waals surface area contributed by atoms with E-state index in [-0.39, 0.29) is 5.92 Å². The Balaban J connectivity index is 2.52. The Morgan fingerprint density at radius 3 is 3.00 bits per heavy atom. The van der Waals surface area contributed by atoms with Gasteiger partial charge in [0, 0.05) is 17.3 Å². The van der Waals surface area contributed by atoms with E-state index in [1.165, 1.54) is 0 Å². The molecule has 14 heavy (non-hydrogen) atoms. The second-order valence-electron chi connectivity index (χ2n) is 3.34. The fourth-order valence-electron chi connectivity index (χ4n) is 1.58. The van der Waals surface area contributed by atoms with Crippen molar-refractivity contribution in [2.24, 2.45) is 0 Å². The average Bonchev–Trinajstić information content (AvgIpc) is 2.15. The number of carbonyl (C=O) groups is 1. The maximum Gasteiger partial charge on any atom is 0.133 e. The molecule has 1 aliphatic rings. The molecule has 0 saturated heterocycles. The van der Waals surface area contributed by atoms with Gasteiger partial charge in [0.05, 0.1) is 11.7 Å². The molecular weight excluding hydrogens is 178 g/mol. The Labute approximate surface area is 82.2 Å². The number of carbonyl (C=O) groups excluding carboxylic acids is 1. The van der Waals surface area contributed by atoms with E-state index in [9.17, 15) is 4.79 Å². The van der Waals surface area contributed by atoms with Gasteiger partial charge in [0.1, 0.15) is 12.0 Å². The Morgan fingerprint density at radius 1 is 1.50 bits per heavy atom. The lowest BCUT2D eigenvalue weighted by atomic mass is 9.96. The van der Waals surface area contributed by atoms with Crippen LogP contribution in [0.25, 0.3) is 0 Å². The second-order valence-corrected chi connectivity index (χ2v) is 3.34. The Morgan fingerprint density at radius 2 is 2.29 bits per heavy atom. The van der Waals surface area contributed by atoms with Crippen LogP contribution in [0.2, 0.25) is 0 Å². The summed E-state index contributed by atoms with van der Waals surface area (Å²) in [6, 6.07) is 5.34. The van der Waals surface area contributed by atoms with Gasteiger partial charge in [-0.2, -0.15) is 0 Å². The van der Waals surface area contributed by atoms with Crippen molar-refractivity contribution in [3.05, 3.63) is 35.6 Å². The lowest BCUT2D eigenvalue weighted by molar-refractivity contribution is -0.108. The SMILES string of the molecule is CC1=CC(C=O)c2ccc(N)cc2O1. The molecular formula is C11H11NO2. The van der Waals surface area contributed by atoms with Gasteiger partial charge in [0.25, 0.3) is 0 Å². The molecule has 0 bridgehead atoms. The van der Waals surface area contributed by atoms with E-state index >= 15 is 0 Å². The van der Waals surface area contributed by atoms with Gasteiger partial charge in [-0.05, 0) is 19.1 Å². The van der Waals surface area contributed by atoms with Crippen LogP contribution in [0.4, 0.5) is 5.69 Å². The molecule has 1 aliphatic heterocycles. The smallest absolute Gasteiger partial charge is 0.133 e. The van der Waals surface area contributed by atoms with E-state index in [2.05, 4.69) is 0 Å². The highest BCUT2D eigenvalue weighted by Crippen LogP contribution is 2.34. The Kier molecular flexibility index (Phi) is 2.00. The topological polar surface area (TPSA) is 52.3 Å². The van der Waals surface area contributed by atoms with Gasteiger partial charge in [0.15, 0.2) is 0 Å². The number of hydrogen-bond donors (Lipinski definition) is 1. The predicted octanol–water partition coefficient (Wildman–Crippen LogP) is 1.85. The van der Waals surface area contributed by atoms with Crippen LogP contribution in [-0.2, 0) is 4.79 Å². The summed E-state index contributed by atoms with van der Waals surface area (Å²) < 4.78 is 5.47. The summed E-state index contributed by atoms with van der Waals surface area (Å²) in [5.41, 5.74) is 7.14. The third-order valence-corrected chi connectivity index (χ3v) is 2.23. The summed E-state index contributed by atoms with van der Waals surface area (Å²) in [6.45, 7) is 1.82. The number of allylic oxidation sites excluding steroid dienone is 2. The van der Waals surface area contributed by atoms with Crippen LogP contribution in [0.3, 0.4) is 0 Å². The monoisotopic (exact) mass is 189 g/mol. The molecule has 1 aromatic carbocycles. The number of nitrogens with two attached hydrogens (primary N) is 1. The lowest BCUT2D eigenvalue weighted by Gasteiger charge is -2.20. The van der Waals surface area contributed by atoms with Crippen molar-refractivity contribution in [1.82, 2.24) is 0 Å². The molecule has 2 rings (SSSR count). The summed E-state index contributed by atoms with van der Waals surface area (Å²) in [6.07, 6.45) is 2.70. The molecule has 0 aromatic heterocycles. The highest BCUT2D eigenvalue weighted by molar-refractivity contribution is 5.70. The number of hydrogen-bond acceptors (Lipinski definition) is 3. The third-order valence-electron chi connectivity index (χ3n) is 2.23. The first kappa shape index (κ1) is 8.81. The molecule has 0 aliphatic carbocycles. The molecule has 0 radical (unpaired) electrons. The van der Waals surface area contributed by atoms with Gasteiger partial charge in [0.2, 0.25) is 0 Å². The van der Waals surface area contributed by atoms with Gasteiger partial charge in [-0.25, -0.2) is 0 Å². The highest BCUT2D eigenvalue weighted by Gasteiger charge is 2.19. The van der Waals surface area contributed by atoms with Crippen LogP contribution < -0.4 is 10.5 Å². The highest BCUT2D eigenvalue weighted by atomic mass is 16.5. The van der Waals surface area contributed by atoms with Crippen molar-refractivity contribution in [3.8, 4) is 5.75 Å². The molecule has 3 nitrogen and oxygen atoms in total. The number of nitrogen functional groups attached to an aromatic ring is 1. The number of anilines is 1. The molecule has 2 N–H and O–H groups in total. The van der Waals surface area contributed by atoms with Crippen LogP contribution in [0.1, 0.15) is 18.4 Å². The van der Waals surface area contributed by atoms with Crippen LogP contribution in [-0.4, -0.2) is 6.29 Å². The number of rotatable bonds is 1. The fourth-order valence-corrected chi connectivity index (χ4v) is 1.58. The second kappa shape index (κ2) is 3.18. The van der Waals surface area contributed by atoms with Gasteiger partial charge in [-0.15, -0.1) is 0 Å². The summed E-state index contributed by atoms with van der Waals surface area (Å²) >= 11 is 0. The van der Waals surface area contributed by atoms with E-state index < -0.39 is 0 Å². The zero-order valence-corrected chi connectivity index (χ0v) is 7.86. The molecule has 3 heteroatoms. The minimum absolute atomic E-state index is 0.209. The Bertz CT molecular complexity index is 410. The van der Waals surface area contributed by atoms with Crippen LogP contribution in [0, 0.1) is 0 Å². The maximum absolute atomic E-state index is 10.8. The van der Waals surface area contributed by atoms with Gasteiger partial charge >= 0.3 is 0 Å². The number of ether oxygens (including phenoxy) is 1. The summed E-state index contributed by atoms with van der Waals surface area (Å²) in [5.74, 6) is 1.21. The molecule has 1 heterocycles. The largest absolute Gasteiger partial charge is 0.462 e. The van der Waals surface area contributed by atoms with E-state index in [4.69, 9.17) is 10.5 Å². The number of benzene rings is 1. The fraction of sp³-hybridized carbons (Fsp3) is 0.182. The molecule has 1 unspecified atom stereocenters. The van der Waals surface area contributed by atoms with E-state index in [1.807, 2.05) is 13.0 Å². The van der Waals surface area contributed by atoms with Crippen molar-refractivity contribution in [2.75, 3.05) is 5.73 Å². The number of fused-ring (bicyclic) bond motifs is 1. The zero-order valence-electron chi connectivity index (χ0n) is 7.86. The third kappa shape index (κ3) is 1.37. The standard InChI is InChI=1S/C11H11NO2/c1-7-4-8(6-13)10-3-2-9(12)5-11(10)14-7/h2-6,8H,12H2,1H3. The van der Waals surface area contributed by atoms with Crippen molar-refractivity contribution in [2.45, 2.75) is 12.8 Å². The summed E-state index contributed by atoms with van der Waals surface area (Å²) in [7, 11) is 0. The quantitative estimate of drug-likeness (QED) is 0.541. The first-order valence-corrected chi connectivity index (χ1v) is 4.41. The normalized spacial score (nSPS) is 19.2. The molecule has 1 aromatic rings. The molecule has 0 spiro atoms. The maximum atomic E-state index is 10.8. The molecule has 0 saturated carbocycles. The van der Waals surface area contributed by atoms with E-state index in [0.717, 1.165) is 17.6 Å². The minimum Gasteiger partial charge on any atom is -0.462 e. The molecule has 0 amide bonds. The van der Waals surface area contributed by atoms with Crippen LogP contribution in [0.5, 0.6) is 5.75 Å². The predicted molar refractivity (Wildman–Crippen MR) is 54.0 cm³/mol. The molecule has 0 fully saturated rings. The summed E-state index contributed by atoms with van der Waals surface area (Å²) in [4.78, 5) is 10.8. The van der Waals surface area contributed by atoms with E-state index in [0.29, 0.717) is 11.4 Å². The molecule has 1 atom stereocenters. The van der Waals surface area contributed by atoms with Crippen LogP contribution in [0.15, 0.2) is 30.0 Å². The van der Waals surface area contributed by atoms with Gasteiger partial charge in [-0.3, -0.25) is 0 Å².